The van der Waals surface area contributed by atoms with Crippen molar-refractivity contribution in [2.24, 2.45) is 0 Å². The van der Waals surface area contributed by atoms with Crippen LogP contribution in [0.5, 0.6) is 0 Å². The number of thiocarbonyl (C=S) groups is 1. The Hall–Kier alpha value is -2.61. The second-order valence-electron chi connectivity index (χ2n) is 6.30. The Balaban J connectivity index is 2.45. The molecule has 1 heterocycles. The molecule has 27 heavy (non-hydrogen) atoms. The fourth-order valence-electron chi connectivity index (χ4n) is 2.92. The molecule has 0 spiro atoms. The first-order valence-electron chi connectivity index (χ1n) is 8.84. The molecule has 1 unspecified atom stereocenters. The third-order valence-electron chi connectivity index (χ3n) is 4.29. The van der Waals surface area contributed by atoms with Crippen LogP contribution in [0.15, 0.2) is 35.5 Å². The van der Waals surface area contributed by atoms with E-state index in [0.29, 0.717) is 22.9 Å². The van der Waals surface area contributed by atoms with Crippen LogP contribution in [0.3, 0.4) is 0 Å². The van der Waals surface area contributed by atoms with Crippen molar-refractivity contribution in [3.63, 3.8) is 0 Å². The molecule has 0 aromatic heterocycles. The average Bonchev–Trinajstić information content (AvgIpc) is 2.61. The number of hydrogen-bond donors (Lipinski definition) is 2. The van der Waals surface area contributed by atoms with Gasteiger partial charge in [0.2, 0.25) is 0 Å². The van der Waals surface area contributed by atoms with Crippen LogP contribution in [-0.2, 0) is 9.53 Å². The van der Waals surface area contributed by atoms with E-state index in [2.05, 4.69) is 10.6 Å². The summed E-state index contributed by atoms with van der Waals surface area (Å²) in [7, 11) is 3.34. The Bertz CT molecular complexity index is 776. The molecule has 8 heteroatoms. The highest BCUT2D eigenvalue weighted by Gasteiger charge is 2.34. The van der Waals surface area contributed by atoms with Crippen molar-refractivity contribution < 1.29 is 14.3 Å². The number of anilines is 1. The maximum atomic E-state index is 12.6. The number of urea groups is 1. The summed E-state index contributed by atoms with van der Waals surface area (Å²) < 4.78 is 5.27. The van der Waals surface area contributed by atoms with Crippen LogP contribution < -0.4 is 10.6 Å². The van der Waals surface area contributed by atoms with Gasteiger partial charge in [-0.1, -0.05) is 12.1 Å². The molecular weight excluding hydrogens is 364 g/mol. The SMILES string of the molecule is CCOC(=O)C1=C(C)N(CC)C(=S)NC1c1cccc(NC(=O)N(C)C)c1. The zero-order valence-corrected chi connectivity index (χ0v) is 17.1. The molecule has 0 saturated heterocycles. The van der Waals surface area contributed by atoms with Gasteiger partial charge in [-0.2, -0.15) is 0 Å². The van der Waals surface area contributed by atoms with Crippen molar-refractivity contribution in [3.8, 4) is 0 Å². The summed E-state index contributed by atoms with van der Waals surface area (Å²) in [4.78, 5) is 27.9. The minimum atomic E-state index is -0.449. The molecule has 1 aromatic rings. The molecule has 2 rings (SSSR count). The van der Waals surface area contributed by atoms with Crippen molar-refractivity contribution in [2.45, 2.75) is 26.8 Å². The summed E-state index contributed by atoms with van der Waals surface area (Å²) in [6.45, 7) is 6.55. The second kappa shape index (κ2) is 8.85. The van der Waals surface area contributed by atoms with Crippen LogP contribution in [0.2, 0.25) is 0 Å². The minimum Gasteiger partial charge on any atom is -0.463 e. The van der Waals surface area contributed by atoms with Crippen LogP contribution in [0.1, 0.15) is 32.4 Å². The predicted molar refractivity (Wildman–Crippen MR) is 109 cm³/mol. The maximum Gasteiger partial charge on any atom is 0.338 e. The fraction of sp³-hybridized carbons (Fsp3) is 0.421. The number of nitrogens with one attached hydrogen (secondary N) is 2. The molecule has 7 nitrogen and oxygen atoms in total. The van der Waals surface area contributed by atoms with Gasteiger partial charge in [0.1, 0.15) is 0 Å². The van der Waals surface area contributed by atoms with Gasteiger partial charge in [0.25, 0.3) is 0 Å². The predicted octanol–water partition coefficient (Wildman–Crippen LogP) is 2.87. The highest BCUT2D eigenvalue weighted by atomic mass is 32.1. The van der Waals surface area contributed by atoms with Crippen LogP contribution in [0.25, 0.3) is 0 Å². The van der Waals surface area contributed by atoms with E-state index in [9.17, 15) is 9.59 Å². The number of hydrogen-bond acceptors (Lipinski definition) is 4. The maximum absolute atomic E-state index is 12.6. The molecule has 1 atom stereocenters. The molecule has 1 aliphatic rings. The molecule has 1 aliphatic heterocycles. The van der Waals surface area contributed by atoms with E-state index in [1.807, 2.05) is 36.9 Å². The molecule has 0 radical (unpaired) electrons. The van der Waals surface area contributed by atoms with Gasteiger partial charge in [-0.05, 0) is 50.7 Å². The Labute approximate surface area is 165 Å². The smallest absolute Gasteiger partial charge is 0.338 e. The molecule has 1 aromatic carbocycles. The van der Waals surface area contributed by atoms with Gasteiger partial charge < -0.3 is 25.2 Å². The van der Waals surface area contributed by atoms with Crippen LogP contribution in [-0.4, -0.2) is 54.2 Å². The zero-order valence-electron chi connectivity index (χ0n) is 16.3. The largest absolute Gasteiger partial charge is 0.463 e. The second-order valence-corrected chi connectivity index (χ2v) is 6.68. The van der Waals surface area contributed by atoms with Crippen molar-refractivity contribution in [3.05, 3.63) is 41.1 Å². The van der Waals surface area contributed by atoms with Crippen molar-refractivity contribution in [1.29, 1.82) is 0 Å². The summed E-state index contributed by atoms with van der Waals surface area (Å²) in [5.74, 6) is -0.379. The van der Waals surface area contributed by atoms with Crippen molar-refractivity contribution in [1.82, 2.24) is 15.1 Å². The molecule has 2 amide bonds. The fourth-order valence-corrected chi connectivity index (χ4v) is 3.30. The number of benzene rings is 1. The van der Waals surface area contributed by atoms with Crippen LogP contribution in [0, 0.1) is 0 Å². The summed E-state index contributed by atoms with van der Waals surface area (Å²) in [6, 6.07) is 6.67. The average molecular weight is 391 g/mol. The molecule has 0 fully saturated rings. The third kappa shape index (κ3) is 4.57. The van der Waals surface area contributed by atoms with Crippen molar-refractivity contribution >= 4 is 35.0 Å². The topological polar surface area (TPSA) is 73.9 Å². The van der Waals surface area contributed by atoms with Crippen LogP contribution >= 0.6 is 12.2 Å². The van der Waals surface area contributed by atoms with E-state index in [1.165, 1.54) is 4.90 Å². The Morgan fingerprint density at radius 2 is 2.04 bits per heavy atom. The number of rotatable bonds is 5. The summed E-state index contributed by atoms with van der Waals surface area (Å²) in [5.41, 5.74) is 2.74. The first-order valence-corrected chi connectivity index (χ1v) is 9.25. The molecule has 146 valence electrons. The van der Waals surface area contributed by atoms with Crippen molar-refractivity contribution in [2.75, 3.05) is 32.6 Å². The monoisotopic (exact) mass is 390 g/mol. The van der Waals surface area contributed by atoms with Gasteiger partial charge >= 0.3 is 12.0 Å². The van der Waals surface area contributed by atoms with E-state index in [1.54, 1.807) is 27.1 Å². The first kappa shape index (κ1) is 20.7. The van der Waals surface area contributed by atoms with Crippen LogP contribution in [0.4, 0.5) is 10.5 Å². The lowest BCUT2D eigenvalue weighted by Crippen LogP contribution is -2.47. The van der Waals surface area contributed by atoms with E-state index in [4.69, 9.17) is 17.0 Å². The minimum absolute atomic E-state index is 0.228. The van der Waals surface area contributed by atoms with E-state index < -0.39 is 6.04 Å². The zero-order chi connectivity index (χ0) is 20.1. The standard InChI is InChI=1S/C19H26N4O3S/c1-6-23-12(3)15(17(24)26-7-2)16(21-19(23)27)13-9-8-10-14(11-13)20-18(25)22(4)5/h8-11,16H,6-7H2,1-5H3,(H,20,25)(H,21,27). The molecular formula is C19H26N4O3S. The number of ether oxygens (including phenoxy) is 1. The van der Waals surface area contributed by atoms with E-state index in [0.717, 1.165) is 11.3 Å². The number of carbonyl (C=O) groups excluding carboxylic acids is 2. The van der Waals surface area contributed by atoms with E-state index >= 15 is 0 Å². The van der Waals surface area contributed by atoms with Gasteiger partial charge in [-0.3, -0.25) is 0 Å². The normalized spacial score (nSPS) is 16.7. The highest BCUT2D eigenvalue weighted by Crippen LogP contribution is 2.32. The Morgan fingerprint density at radius 1 is 1.33 bits per heavy atom. The lowest BCUT2D eigenvalue weighted by molar-refractivity contribution is -0.139. The van der Waals surface area contributed by atoms with Gasteiger partial charge in [0, 0.05) is 32.0 Å². The summed E-state index contributed by atoms with van der Waals surface area (Å²) in [5, 5.41) is 6.60. The van der Waals surface area contributed by atoms with Gasteiger partial charge in [-0.25, -0.2) is 9.59 Å². The van der Waals surface area contributed by atoms with E-state index in [-0.39, 0.29) is 18.6 Å². The summed E-state index contributed by atoms with van der Waals surface area (Å²) >= 11 is 5.47. The first-order chi connectivity index (χ1) is 12.8. The lowest BCUT2D eigenvalue weighted by Gasteiger charge is -2.37. The highest BCUT2D eigenvalue weighted by molar-refractivity contribution is 7.80. The third-order valence-corrected chi connectivity index (χ3v) is 4.62. The lowest BCUT2D eigenvalue weighted by atomic mass is 9.94. The number of nitrogens with zero attached hydrogens (tertiary/aromatic N) is 2. The summed E-state index contributed by atoms with van der Waals surface area (Å²) in [6.07, 6.45) is 0. The Kier molecular flexibility index (Phi) is 6.79. The van der Waals surface area contributed by atoms with Gasteiger partial charge in [0.05, 0.1) is 18.2 Å². The number of amides is 2. The number of allylic oxidation sites excluding steroid dienone is 1. The van der Waals surface area contributed by atoms with Gasteiger partial charge in [-0.15, -0.1) is 0 Å². The Morgan fingerprint density at radius 3 is 2.63 bits per heavy atom. The molecule has 0 bridgehead atoms. The molecule has 0 saturated carbocycles. The number of carbonyl (C=O) groups is 2. The quantitative estimate of drug-likeness (QED) is 0.595. The van der Waals surface area contributed by atoms with Gasteiger partial charge in [0.15, 0.2) is 5.11 Å². The number of esters is 1. The molecule has 2 N–H and O–H groups in total. The molecule has 0 aliphatic carbocycles.